The molecule has 1 aliphatic heterocycles. The normalized spacial score (nSPS) is 19.0. The zero-order chi connectivity index (χ0) is 13.3. The summed E-state index contributed by atoms with van der Waals surface area (Å²) in [6, 6.07) is 2.51. The summed E-state index contributed by atoms with van der Waals surface area (Å²) in [6.45, 7) is 5.88. The number of hydrogen-bond donors (Lipinski definition) is 1. The molecule has 0 aromatic heterocycles. The summed E-state index contributed by atoms with van der Waals surface area (Å²) in [4.78, 5) is 1.87. The van der Waals surface area contributed by atoms with Gasteiger partial charge in [-0.25, -0.2) is 8.78 Å². The lowest BCUT2D eigenvalue weighted by molar-refractivity contribution is 0.237. The Morgan fingerprint density at radius 3 is 2.44 bits per heavy atom. The van der Waals surface area contributed by atoms with Gasteiger partial charge in [0.05, 0.1) is 11.4 Å². The van der Waals surface area contributed by atoms with Gasteiger partial charge in [0.1, 0.15) is 0 Å². The Hall–Kier alpha value is -1.32. The molecule has 4 heteroatoms. The van der Waals surface area contributed by atoms with Gasteiger partial charge in [0.25, 0.3) is 0 Å². The molecule has 1 saturated heterocycles. The van der Waals surface area contributed by atoms with Crippen LogP contribution < -0.4 is 10.6 Å². The van der Waals surface area contributed by atoms with E-state index < -0.39 is 11.6 Å². The molecule has 2 rings (SSSR count). The minimum absolute atomic E-state index is 0.230. The number of nitrogen functional groups attached to an aromatic ring is 1. The van der Waals surface area contributed by atoms with Crippen LogP contribution in [0.15, 0.2) is 12.1 Å². The number of piperidine rings is 1. The molecule has 1 heterocycles. The van der Waals surface area contributed by atoms with E-state index in [0.717, 1.165) is 38.4 Å². The lowest BCUT2D eigenvalue weighted by atomic mass is 9.78. The molecule has 0 atom stereocenters. The van der Waals surface area contributed by atoms with Gasteiger partial charge in [-0.2, -0.15) is 0 Å². The van der Waals surface area contributed by atoms with Gasteiger partial charge in [-0.1, -0.05) is 20.3 Å². The molecular formula is C14H20F2N2. The summed E-state index contributed by atoms with van der Waals surface area (Å²) in [5, 5.41) is 0. The van der Waals surface area contributed by atoms with Crippen molar-refractivity contribution in [2.24, 2.45) is 5.41 Å². The Morgan fingerprint density at radius 1 is 1.28 bits per heavy atom. The number of benzene rings is 1. The molecule has 0 spiro atoms. The topological polar surface area (TPSA) is 29.3 Å². The predicted molar refractivity (Wildman–Crippen MR) is 70.6 cm³/mol. The average molecular weight is 254 g/mol. The molecule has 0 bridgehead atoms. The maximum atomic E-state index is 13.8. The molecule has 1 aromatic rings. The molecule has 100 valence electrons. The van der Waals surface area contributed by atoms with E-state index in [1.54, 1.807) is 0 Å². The quantitative estimate of drug-likeness (QED) is 0.818. The fourth-order valence-electron chi connectivity index (χ4n) is 2.50. The summed E-state index contributed by atoms with van der Waals surface area (Å²) < 4.78 is 27.1. The molecular weight excluding hydrogens is 234 g/mol. The van der Waals surface area contributed by atoms with E-state index in [1.165, 1.54) is 6.07 Å². The van der Waals surface area contributed by atoms with Crippen molar-refractivity contribution in [3.63, 3.8) is 0 Å². The summed E-state index contributed by atoms with van der Waals surface area (Å²) in [6.07, 6.45) is 3.08. The minimum Gasteiger partial charge on any atom is -0.397 e. The third-order valence-corrected chi connectivity index (χ3v) is 4.24. The van der Waals surface area contributed by atoms with Gasteiger partial charge in [-0.05, 0) is 30.4 Å². The highest BCUT2D eigenvalue weighted by molar-refractivity contribution is 5.68. The smallest absolute Gasteiger partial charge is 0.184 e. The molecule has 2 nitrogen and oxygen atoms in total. The van der Waals surface area contributed by atoms with E-state index in [4.69, 9.17) is 5.73 Å². The second-order valence-corrected chi connectivity index (χ2v) is 5.45. The van der Waals surface area contributed by atoms with Crippen LogP contribution in [0, 0.1) is 17.0 Å². The number of halogens is 2. The van der Waals surface area contributed by atoms with Gasteiger partial charge in [-0.3, -0.25) is 0 Å². The number of hydrogen-bond acceptors (Lipinski definition) is 2. The van der Waals surface area contributed by atoms with Crippen molar-refractivity contribution < 1.29 is 8.78 Å². The van der Waals surface area contributed by atoms with Crippen LogP contribution in [-0.4, -0.2) is 13.1 Å². The standard InChI is InChI=1S/C14H20F2N2/c1-3-14(2)6-8-18(9-7-14)13-11(17)5-4-10(15)12(13)16/h4-5H,3,6-9,17H2,1-2H3. The molecule has 0 amide bonds. The van der Waals surface area contributed by atoms with Gasteiger partial charge in [-0.15, -0.1) is 0 Å². The van der Waals surface area contributed by atoms with Crippen molar-refractivity contribution in [1.82, 2.24) is 0 Å². The first-order valence-electron chi connectivity index (χ1n) is 6.45. The molecule has 2 N–H and O–H groups in total. The molecule has 18 heavy (non-hydrogen) atoms. The van der Waals surface area contributed by atoms with E-state index in [2.05, 4.69) is 13.8 Å². The van der Waals surface area contributed by atoms with Crippen molar-refractivity contribution in [1.29, 1.82) is 0 Å². The molecule has 1 aliphatic rings. The molecule has 0 saturated carbocycles. The highest BCUT2D eigenvalue weighted by atomic mass is 19.2. The molecule has 1 fully saturated rings. The van der Waals surface area contributed by atoms with Gasteiger partial charge in [0.15, 0.2) is 11.6 Å². The summed E-state index contributed by atoms with van der Waals surface area (Å²) >= 11 is 0. The van der Waals surface area contributed by atoms with Crippen molar-refractivity contribution in [2.45, 2.75) is 33.1 Å². The Bertz CT molecular complexity index is 438. The molecule has 0 unspecified atom stereocenters. The second-order valence-electron chi connectivity index (χ2n) is 5.45. The summed E-state index contributed by atoms with van der Waals surface area (Å²) in [5.74, 6) is -1.65. The average Bonchev–Trinajstić information content (AvgIpc) is 2.37. The predicted octanol–water partition coefficient (Wildman–Crippen LogP) is 3.56. The molecule has 0 aliphatic carbocycles. The van der Waals surface area contributed by atoms with Crippen LogP contribution in [-0.2, 0) is 0 Å². The van der Waals surface area contributed by atoms with Crippen LogP contribution in [0.25, 0.3) is 0 Å². The SMILES string of the molecule is CCC1(C)CCN(c2c(N)ccc(F)c2F)CC1. The maximum absolute atomic E-state index is 13.8. The van der Waals surface area contributed by atoms with Crippen LogP contribution in [0.1, 0.15) is 33.1 Å². The Kier molecular flexibility index (Phi) is 3.46. The number of anilines is 2. The van der Waals surface area contributed by atoms with Crippen LogP contribution in [0.4, 0.5) is 20.2 Å². The van der Waals surface area contributed by atoms with Crippen LogP contribution in [0.5, 0.6) is 0 Å². The summed E-state index contributed by atoms with van der Waals surface area (Å²) in [7, 11) is 0. The minimum atomic E-state index is -0.831. The van der Waals surface area contributed by atoms with Gasteiger partial charge in [0.2, 0.25) is 0 Å². The first kappa shape index (κ1) is 13.1. The molecule has 1 aromatic carbocycles. The van der Waals surface area contributed by atoms with E-state index in [1.807, 2.05) is 4.90 Å². The third-order valence-electron chi connectivity index (χ3n) is 4.24. The third kappa shape index (κ3) is 2.28. The van der Waals surface area contributed by atoms with Crippen molar-refractivity contribution >= 4 is 11.4 Å². The van der Waals surface area contributed by atoms with Crippen molar-refractivity contribution in [3.05, 3.63) is 23.8 Å². The lowest BCUT2D eigenvalue weighted by Gasteiger charge is -2.40. The largest absolute Gasteiger partial charge is 0.397 e. The highest BCUT2D eigenvalue weighted by Gasteiger charge is 2.30. The van der Waals surface area contributed by atoms with E-state index in [-0.39, 0.29) is 5.69 Å². The zero-order valence-electron chi connectivity index (χ0n) is 11.0. The molecule has 0 radical (unpaired) electrons. The van der Waals surface area contributed by atoms with E-state index in [9.17, 15) is 8.78 Å². The number of rotatable bonds is 2. The number of nitrogens with zero attached hydrogens (tertiary/aromatic N) is 1. The maximum Gasteiger partial charge on any atom is 0.184 e. The van der Waals surface area contributed by atoms with Gasteiger partial charge >= 0.3 is 0 Å². The lowest BCUT2D eigenvalue weighted by Crippen LogP contribution is -2.39. The Morgan fingerprint density at radius 2 is 1.89 bits per heavy atom. The number of nitrogens with two attached hydrogens (primary N) is 1. The Balaban J connectivity index is 2.22. The van der Waals surface area contributed by atoms with Crippen molar-refractivity contribution in [2.75, 3.05) is 23.7 Å². The van der Waals surface area contributed by atoms with E-state index in [0.29, 0.717) is 11.1 Å². The van der Waals surface area contributed by atoms with Crippen LogP contribution in [0.3, 0.4) is 0 Å². The fourth-order valence-corrected chi connectivity index (χ4v) is 2.50. The highest BCUT2D eigenvalue weighted by Crippen LogP contribution is 2.38. The van der Waals surface area contributed by atoms with Gasteiger partial charge in [0, 0.05) is 13.1 Å². The zero-order valence-corrected chi connectivity index (χ0v) is 11.0. The van der Waals surface area contributed by atoms with Crippen LogP contribution >= 0.6 is 0 Å². The monoisotopic (exact) mass is 254 g/mol. The Labute approximate surface area is 107 Å². The fraction of sp³-hybridized carbons (Fsp3) is 0.571. The van der Waals surface area contributed by atoms with E-state index >= 15 is 0 Å². The first-order valence-corrected chi connectivity index (χ1v) is 6.45. The second kappa shape index (κ2) is 4.75. The van der Waals surface area contributed by atoms with Crippen molar-refractivity contribution in [3.8, 4) is 0 Å². The van der Waals surface area contributed by atoms with Gasteiger partial charge < -0.3 is 10.6 Å². The first-order chi connectivity index (χ1) is 8.47. The summed E-state index contributed by atoms with van der Waals surface area (Å²) in [5.41, 5.74) is 6.63. The van der Waals surface area contributed by atoms with Crippen LogP contribution in [0.2, 0.25) is 0 Å².